The Morgan fingerprint density at radius 2 is 1.96 bits per heavy atom. The highest BCUT2D eigenvalue weighted by Crippen LogP contribution is 2.42. The van der Waals surface area contributed by atoms with E-state index in [2.05, 4.69) is 21.5 Å². The molecule has 4 aromatic heterocycles. The quantitative estimate of drug-likeness (QED) is 0.505. The molecule has 5 heterocycles. The Morgan fingerprint density at radius 3 is 2.70 bits per heavy atom. The normalized spacial score (nSPS) is 15.5. The van der Waals surface area contributed by atoms with Crippen LogP contribution in [0.4, 0.5) is 0 Å². The van der Waals surface area contributed by atoms with Crippen molar-refractivity contribution in [3.05, 3.63) is 28.5 Å². The van der Waals surface area contributed by atoms with Gasteiger partial charge in [-0.2, -0.15) is 5.10 Å². The van der Waals surface area contributed by atoms with Crippen LogP contribution < -0.4 is 5.32 Å². The molecular formula is C18H20ClN5OS2. The Morgan fingerprint density at radius 1 is 1.19 bits per heavy atom. The van der Waals surface area contributed by atoms with Gasteiger partial charge in [0.2, 0.25) is 0 Å². The van der Waals surface area contributed by atoms with Crippen molar-refractivity contribution in [2.24, 2.45) is 0 Å². The SMILES string of the molecule is Cc1cn2nc(-c3nc4sc(C5CCNCC5)cc4s3)c(O)c2c(C)n1.Cl. The van der Waals surface area contributed by atoms with Gasteiger partial charge in [-0.3, -0.25) is 4.98 Å². The van der Waals surface area contributed by atoms with Crippen molar-refractivity contribution in [1.82, 2.24) is 24.9 Å². The number of fused-ring (bicyclic) bond motifs is 2. The number of aryl methyl sites for hydroxylation is 2. The fourth-order valence-corrected chi connectivity index (χ4v) is 6.06. The third-order valence-electron chi connectivity index (χ3n) is 4.93. The maximum absolute atomic E-state index is 10.7. The first-order valence-electron chi connectivity index (χ1n) is 8.77. The van der Waals surface area contributed by atoms with Crippen LogP contribution in [0.2, 0.25) is 0 Å². The standard InChI is InChI=1S/C18H19N5OS2.ClH/c1-9-8-23-15(10(2)20-9)16(24)14(22-23)18-21-17-13(26-18)7-12(25-17)11-3-5-19-6-4-11;/h7-8,11,19,24H,3-6H2,1-2H3;1H. The van der Waals surface area contributed by atoms with Crippen molar-refractivity contribution in [2.45, 2.75) is 32.6 Å². The molecule has 9 heteroatoms. The van der Waals surface area contributed by atoms with E-state index in [0.717, 1.165) is 34.3 Å². The number of aromatic nitrogens is 4. The minimum absolute atomic E-state index is 0. The molecule has 6 nitrogen and oxygen atoms in total. The number of thiazole rings is 1. The van der Waals surface area contributed by atoms with Crippen molar-refractivity contribution in [3.8, 4) is 16.5 Å². The molecule has 0 amide bonds. The Bertz CT molecular complexity index is 1090. The molecule has 1 aliphatic rings. The van der Waals surface area contributed by atoms with Gasteiger partial charge in [0.15, 0.2) is 11.4 Å². The van der Waals surface area contributed by atoms with E-state index in [4.69, 9.17) is 4.98 Å². The molecule has 27 heavy (non-hydrogen) atoms. The molecule has 0 unspecified atom stereocenters. The number of hydrogen-bond donors (Lipinski definition) is 2. The van der Waals surface area contributed by atoms with Crippen LogP contribution >= 0.6 is 35.1 Å². The van der Waals surface area contributed by atoms with Gasteiger partial charge in [0.25, 0.3) is 0 Å². The Balaban J connectivity index is 0.00000180. The highest BCUT2D eigenvalue weighted by atomic mass is 35.5. The summed E-state index contributed by atoms with van der Waals surface area (Å²) in [7, 11) is 0. The van der Waals surface area contributed by atoms with E-state index >= 15 is 0 Å². The Hall–Kier alpha value is -1.74. The van der Waals surface area contributed by atoms with Gasteiger partial charge in [-0.15, -0.1) is 35.1 Å². The van der Waals surface area contributed by atoms with E-state index in [9.17, 15) is 5.11 Å². The number of aromatic hydroxyl groups is 1. The lowest BCUT2D eigenvalue weighted by Gasteiger charge is -2.21. The summed E-state index contributed by atoms with van der Waals surface area (Å²) < 4.78 is 2.89. The molecule has 0 spiro atoms. The minimum Gasteiger partial charge on any atom is -0.504 e. The molecular weight excluding hydrogens is 402 g/mol. The van der Waals surface area contributed by atoms with Gasteiger partial charge in [-0.1, -0.05) is 0 Å². The van der Waals surface area contributed by atoms with Crippen molar-refractivity contribution in [3.63, 3.8) is 0 Å². The van der Waals surface area contributed by atoms with E-state index in [0.29, 0.717) is 17.1 Å². The summed E-state index contributed by atoms with van der Waals surface area (Å²) in [5.41, 5.74) is 2.83. The first-order chi connectivity index (χ1) is 12.6. The van der Waals surface area contributed by atoms with Crippen LogP contribution in [0.5, 0.6) is 5.75 Å². The summed E-state index contributed by atoms with van der Waals surface area (Å²) in [5, 5.41) is 19.4. The highest BCUT2D eigenvalue weighted by molar-refractivity contribution is 7.28. The molecule has 1 aliphatic heterocycles. The van der Waals surface area contributed by atoms with Crippen LogP contribution in [-0.2, 0) is 0 Å². The molecule has 0 aliphatic carbocycles. The van der Waals surface area contributed by atoms with Gasteiger partial charge >= 0.3 is 0 Å². The lowest BCUT2D eigenvalue weighted by atomic mass is 9.97. The predicted molar refractivity (Wildman–Crippen MR) is 113 cm³/mol. The molecule has 0 aromatic carbocycles. The van der Waals surface area contributed by atoms with Gasteiger partial charge in [0.1, 0.15) is 15.4 Å². The third kappa shape index (κ3) is 3.10. The van der Waals surface area contributed by atoms with Crippen LogP contribution in [0.3, 0.4) is 0 Å². The lowest BCUT2D eigenvalue weighted by Crippen LogP contribution is -2.26. The largest absolute Gasteiger partial charge is 0.504 e. The predicted octanol–water partition coefficient (Wildman–Crippen LogP) is 4.28. The van der Waals surface area contributed by atoms with Crippen LogP contribution in [-0.4, -0.2) is 37.8 Å². The van der Waals surface area contributed by atoms with Gasteiger partial charge < -0.3 is 10.4 Å². The average molecular weight is 422 g/mol. The molecule has 1 fully saturated rings. The molecule has 142 valence electrons. The summed E-state index contributed by atoms with van der Waals surface area (Å²) in [5.74, 6) is 0.807. The van der Waals surface area contributed by atoms with Crippen molar-refractivity contribution >= 4 is 50.1 Å². The molecule has 0 saturated carbocycles. The Labute approximate surface area is 170 Å². The van der Waals surface area contributed by atoms with Crippen LogP contribution in [0.1, 0.15) is 35.0 Å². The topological polar surface area (TPSA) is 75.3 Å². The maximum atomic E-state index is 10.7. The number of nitrogens with one attached hydrogen (secondary N) is 1. The second-order valence-corrected chi connectivity index (χ2v) is 8.91. The molecule has 0 radical (unpaired) electrons. The first-order valence-corrected chi connectivity index (χ1v) is 10.4. The van der Waals surface area contributed by atoms with Gasteiger partial charge in [-0.05, 0) is 51.8 Å². The molecule has 4 aromatic rings. The highest BCUT2D eigenvalue weighted by Gasteiger charge is 2.22. The number of thiophene rings is 1. The first kappa shape index (κ1) is 18.6. The second kappa shape index (κ2) is 7.01. The number of rotatable bonds is 2. The van der Waals surface area contributed by atoms with Crippen LogP contribution in [0, 0.1) is 13.8 Å². The van der Waals surface area contributed by atoms with Gasteiger partial charge in [-0.25, -0.2) is 9.50 Å². The summed E-state index contributed by atoms with van der Waals surface area (Å²) in [6.45, 7) is 6.00. The summed E-state index contributed by atoms with van der Waals surface area (Å²) >= 11 is 3.38. The molecule has 0 bridgehead atoms. The molecule has 0 atom stereocenters. The molecule has 2 N–H and O–H groups in total. The lowest BCUT2D eigenvalue weighted by molar-refractivity contribution is 0.465. The summed E-state index contributed by atoms with van der Waals surface area (Å²) in [6, 6.07) is 2.28. The van der Waals surface area contributed by atoms with Crippen LogP contribution in [0.15, 0.2) is 12.3 Å². The van der Waals surface area contributed by atoms with Gasteiger partial charge in [0.05, 0.1) is 22.3 Å². The van der Waals surface area contributed by atoms with E-state index in [1.165, 1.54) is 22.4 Å². The van der Waals surface area contributed by atoms with E-state index in [-0.39, 0.29) is 18.2 Å². The monoisotopic (exact) mass is 421 g/mol. The number of hydrogen-bond acceptors (Lipinski definition) is 7. The van der Waals surface area contributed by atoms with E-state index in [1.54, 1.807) is 27.2 Å². The summed E-state index contributed by atoms with van der Waals surface area (Å²) in [6.07, 6.45) is 4.22. The number of nitrogens with zero attached hydrogens (tertiary/aromatic N) is 4. The molecule has 1 saturated heterocycles. The minimum atomic E-state index is 0. The zero-order valence-electron chi connectivity index (χ0n) is 15.0. The van der Waals surface area contributed by atoms with Gasteiger partial charge in [0, 0.05) is 4.88 Å². The van der Waals surface area contributed by atoms with Crippen molar-refractivity contribution in [1.29, 1.82) is 0 Å². The average Bonchev–Trinajstić information content (AvgIpc) is 3.26. The fourth-order valence-electron chi connectivity index (χ4n) is 3.69. The number of halogens is 1. The maximum Gasteiger partial charge on any atom is 0.174 e. The van der Waals surface area contributed by atoms with Crippen LogP contribution in [0.25, 0.3) is 25.7 Å². The van der Waals surface area contributed by atoms with E-state index < -0.39 is 0 Å². The Kier molecular flexibility index (Phi) is 4.84. The molecule has 5 rings (SSSR count). The third-order valence-corrected chi connectivity index (χ3v) is 7.26. The zero-order valence-corrected chi connectivity index (χ0v) is 17.5. The summed E-state index contributed by atoms with van der Waals surface area (Å²) in [4.78, 5) is 11.7. The number of piperidine rings is 1. The van der Waals surface area contributed by atoms with E-state index in [1.807, 2.05) is 20.0 Å². The zero-order chi connectivity index (χ0) is 17.8. The smallest absolute Gasteiger partial charge is 0.174 e. The van der Waals surface area contributed by atoms with Crippen molar-refractivity contribution < 1.29 is 5.11 Å². The second-order valence-electron chi connectivity index (χ2n) is 6.82. The fraction of sp³-hybridized carbons (Fsp3) is 0.389. The van der Waals surface area contributed by atoms with Crippen molar-refractivity contribution in [2.75, 3.05) is 13.1 Å².